The van der Waals surface area contributed by atoms with Gasteiger partial charge < -0.3 is 10.1 Å². The third-order valence-corrected chi connectivity index (χ3v) is 3.75. The molecule has 0 saturated carbocycles. The summed E-state index contributed by atoms with van der Waals surface area (Å²) in [6.45, 7) is 1.23. The smallest absolute Gasteiger partial charge is 0.170 e. The molecule has 0 amide bonds. The van der Waals surface area contributed by atoms with Gasteiger partial charge >= 0.3 is 0 Å². The molecule has 1 heterocycles. The van der Waals surface area contributed by atoms with Crippen molar-refractivity contribution in [2.24, 2.45) is 0 Å². The van der Waals surface area contributed by atoms with Crippen molar-refractivity contribution in [2.45, 2.75) is 13.0 Å². The maximum atomic E-state index is 13.9. The molecule has 3 rings (SSSR count). The van der Waals surface area contributed by atoms with Gasteiger partial charge in [0.15, 0.2) is 11.6 Å². The second-order valence-corrected chi connectivity index (χ2v) is 5.20. The molecule has 0 radical (unpaired) electrons. The number of rotatable bonds is 6. The molecule has 1 aromatic heterocycles. The molecule has 0 spiro atoms. The summed E-state index contributed by atoms with van der Waals surface area (Å²) >= 11 is 0. The van der Waals surface area contributed by atoms with Gasteiger partial charge in [-0.3, -0.25) is 5.10 Å². The highest BCUT2D eigenvalue weighted by Gasteiger charge is 2.14. The van der Waals surface area contributed by atoms with Crippen molar-refractivity contribution in [3.05, 3.63) is 59.3 Å². The van der Waals surface area contributed by atoms with Crippen LogP contribution in [0.2, 0.25) is 0 Å². The average molecular weight is 317 g/mol. The summed E-state index contributed by atoms with van der Waals surface area (Å²) in [6, 6.07) is 10.3. The quantitative estimate of drug-likeness (QED) is 0.687. The number of nitrogens with one attached hydrogen (secondary N) is 2. The first kappa shape index (κ1) is 15.4. The van der Waals surface area contributed by atoms with Gasteiger partial charge in [-0.2, -0.15) is 5.10 Å². The average Bonchev–Trinajstić information content (AvgIpc) is 2.99. The number of hydrogen-bond donors (Lipinski definition) is 2. The standard InChI is InChI=1S/C17H17F2N3O/c1-23-15-5-3-2-4-11(15)10-20-9-8-14-16-13(21-22-14)7-6-12(18)17(16)19/h2-7,20H,8-10H2,1H3,(H,21,22). The van der Waals surface area contributed by atoms with Crippen LogP contribution in [0, 0.1) is 11.6 Å². The highest BCUT2D eigenvalue weighted by Crippen LogP contribution is 2.22. The number of fused-ring (bicyclic) bond motifs is 1. The SMILES string of the molecule is COc1ccccc1CNCCc1[nH]nc2ccc(F)c(F)c12. The number of nitrogens with zero attached hydrogens (tertiary/aromatic N) is 1. The summed E-state index contributed by atoms with van der Waals surface area (Å²) in [5.74, 6) is -0.891. The number of ether oxygens (including phenoxy) is 1. The third-order valence-electron chi connectivity index (χ3n) is 3.75. The molecule has 0 aliphatic heterocycles. The Morgan fingerprint density at radius 3 is 2.83 bits per heavy atom. The Hall–Kier alpha value is -2.47. The minimum atomic E-state index is -0.859. The molecule has 0 fully saturated rings. The minimum Gasteiger partial charge on any atom is -0.496 e. The van der Waals surface area contributed by atoms with Crippen LogP contribution in [0.1, 0.15) is 11.3 Å². The Labute approximate surface area is 132 Å². The molecule has 3 aromatic rings. The van der Waals surface area contributed by atoms with Crippen molar-refractivity contribution < 1.29 is 13.5 Å². The van der Waals surface area contributed by atoms with E-state index in [1.807, 2.05) is 24.3 Å². The molecule has 0 bridgehead atoms. The number of H-pyrrole nitrogens is 1. The zero-order chi connectivity index (χ0) is 16.2. The largest absolute Gasteiger partial charge is 0.496 e. The lowest BCUT2D eigenvalue weighted by molar-refractivity contribution is 0.408. The van der Waals surface area contributed by atoms with Crippen molar-refractivity contribution >= 4 is 10.9 Å². The van der Waals surface area contributed by atoms with Gasteiger partial charge in [-0.25, -0.2) is 8.78 Å². The Kier molecular flexibility index (Phi) is 4.52. The number of methoxy groups -OCH3 is 1. The number of aromatic amines is 1. The molecule has 23 heavy (non-hydrogen) atoms. The van der Waals surface area contributed by atoms with E-state index in [1.54, 1.807) is 7.11 Å². The van der Waals surface area contributed by atoms with Crippen molar-refractivity contribution in [2.75, 3.05) is 13.7 Å². The molecule has 0 unspecified atom stereocenters. The van der Waals surface area contributed by atoms with Gasteiger partial charge in [0.05, 0.1) is 18.0 Å². The molecule has 0 aliphatic rings. The van der Waals surface area contributed by atoms with E-state index in [9.17, 15) is 8.78 Å². The summed E-state index contributed by atoms with van der Waals surface area (Å²) < 4.78 is 32.5. The van der Waals surface area contributed by atoms with Crippen LogP contribution in [-0.4, -0.2) is 23.9 Å². The molecule has 4 nitrogen and oxygen atoms in total. The molecular weight excluding hydrogens is 300 g/mol. The predicted molar refractivity (Wildman–Crippen MR) is 84.4 cm³/mol. The Morgan fingerprint density at radius 2 is 2.00 bits per heavy atom. The van der Waals surface area contributed by atoms with E-state index in [-0.39, 0.29) is 5.39 Å². The van der Waals surface area contributed by atoms with E-state index < -0.39 is 11.6 Å². The molecule has 0 atom stereocenters. The van der Waals surface area contributed by atoms with Crippen LogP contribution in [0.5, 0.6) is 5.75 Å². The van der Waals surface area contributed by atoms with Crippen molar-refractivity contribution in [1.29, 1.82) is 0 Å². The van der Waals surface area contributed by atoms with E-state index in [0.717, 1.165) is 17.4 Å². The second-order valence-electron chi connectivity index (χ2n) is 5.20. The van der Waals surface area contributed by atoms with E-state index in [1.165, 1.54) is 6.07 Å². The van der Waals surface area contributed by atoms with Crippen LogP contribution in [-0.2, 0) is 13.0 Å². The maximum Gasteiger partial charge on any atom is 0.170 e. The second kappa shape index (κ2) is 6.75. The number of benzene rings is 2. The minimum absolute atomic E-state index is 0.226. The van der Waals surface area contributed by atoms with Crippen molar-refractivity contribution in [3.8, 4) is 5.75 Å². The van der Waals surface area contributed by atoms with Gasteiger partial charge in [0, 0.05) is 30.8 Å². The van der Waals surface area contributed by atoms with Crippen LogP contribution in [0.3, 0.4) is 0 Å². The first-order valence-corrected chi connectivity index (χ1v) is 7.34. The summed E-state index contributed by atoms with van der Waals surface area (Å²) in [6.07, 6.45) is 0.520. The highest BCUT2D eigenvalue weighted by atomic mass is 19.2. The fourth-order valence-corrected chi connectivity index (χ4v) is 2.57. The normalized spacial score (nSPS) is 11.1. The van der Waals surface area contributed by atoms with Gasteiger partial charge in [-0.05, 0) is 18.2 Å². The monoisotopic (exact) mass is 317 g/mol. The lowest BCUT2D eigenvalue weighted by atomic mass is 10.1. The van der Waals surface area contributed by atoms with E-state index >= 15 is 0 Å². The van der Waals surface area contributed by atoms with E-state index in [2.05, 4.69) is 15.5 Å². The topological polar surface area (TPSA) is 49.9 Å². The number of aromatic nitrogens is 2. The molecular formula is C17H17F2N3O. The maximum absolute atomic E-state index is 13.9. The van der Waals surface area contributed by atoms with E-state index in [0.29, 0.717) is 30.7 Å². The first-order chi connectivity index (χ1) is 11.2. The van der Waals surface area contributed by atoms with Gasteiger partial charge in [-0.1, -0.05) is 18.2 Å². The number of para-hydroxylation sites is 1. The van der Waals surface area contributed by atoms with E-state index in [4.69, 9.17) is 4.74 Å². The molecule has 6 heteroatoms. The molecule has 0 saturated heterocycles. The molecule has 2 aromatic carbocycles. The van der Waals surface area contributed by atoms with Crippen LogP contribution >= 0.6 is 0 Å². The predicted octanol–water partition coefficient (Wildman–Crippen LogP) is 3.18. The lowest BCUT2D eigenvalue weighted by Crippen LogP contribution is -2.17. The van der Waals surface area contributed by atoms with Crippen molar-refractivity contribution in [3.63, 3.8) is 0 Å². The molecule has 120 valence electrons. The fourth-order valence-electron chi connectivity index (χ4n) is 2.57. The zero-order valence-corrected chi connectivity index (χ0v) is 12.7. The lowest BCUT2D eigenvalue weighted by Gasteiger charge is -2.09. The Morgan fingerprint density at radius 1 is 1.17 bits per heavy atom. The Bertz CT molecular complexity index is 817. The summed E-state index contributed by atoms with van der Waals surface area (Å²) in [5.41, 5.74) is 2.06. The van der Waals surface area contributed by atoms with Crippen LogP contribution in [0.15, 0.2) is 36.4 Å². The van der Waals surface area contributed by atoms with Gasteiger partial charge in [0.2, 0.25) is 0 Å². The number of halogens is 2. The van der Waals surface area contributed by atoms with Gasteiger partial charge in [0.1, 0.15) is 5.75 Å². The summed E-state index contributed by atoms with van der Waals surface area (Å²) in [7, 11) is 1.63. The van der Waals surface area contributed by atoms with Gasteiger partial charge in [-0.15, -0.1) is 0 Å². The summed E-state index contributed by atoms with van der Waals surface area (Å²) in [4.78, 5) is 0. The molecule has 2 N–H and O–H groups in total. The fraction of sp³-hybridized carbons (Fsp3) is 0.235. The number of hydrogen-bond acceptors (Lipinski definition) is 3. The third kappa shape index (κ3) is 3.17. The first-order valence-electron chi connectivity index (χ1n) is 7.34. The van der Waals surface area contributed by atoms with Crippen molar-refractivity contribution in [1.82, 2.24) is 15.5 Å². The van der Waals surface area contributed by atoms with Gasteiger partial charge in [0.25, 0.3) is 0 Å². The van der Waals surface area contributed by atoms with Crippen LogP contribution in [0.4, 0.5) is 8.78 Å². The molecule has 0 aliphatic carbocycles. The highest BCUT2D eigenvalue weighted by molar-refractivity contribution is 5.82. The zero-order valence-electron chi connectivity index (χ0n) is 12.7. The van der Waals surface area contributed by atoms with Crippen LogP contribution in [0.25, 0.3) is 10.9 Å². The summed E-state index contributed by atoms with van der Waals surface area (Å²) in [5, 5.41) is 10.3. The van der Waals surface area contributed by atoms with Crippen LogP contribution < -0.4 is 10.1 Å². The Balaban J connectivity index is 1.64.